The Morgan fingerprint density at radius 3 is 2.86 bits per heavy atom. The average molecular weight is 218 g/mol. The molecule has 0 radical (unpaired) electrons. The minimum atomic E-state index is -0.893. The van der Waals surface area contributed by atoms with Crippen LogP contribution in [-0.4, -0.2) is 34.8 Å². The number of hydrogen-bond donors (Lipinski definition) is 1. The van der Waals surface area contributed by atoms with Crippen molar-refractivity contribution in [1.82, 2.24) is 0 Å². The van der Waals surface area contributed by atoms with Gasteiger partial charge in [-0.3, -0.25) is 4.79 Å². The Morgan fingerprint density at radius 2 is 2.36 bits per heavy atom. The molecule has 0 bridgehead atoms. The lowest BCUT2D eigenvalue weighted by atomic mass is 9.82. The number of hydrogen-bond acceptors (Lipinski definition) is 4. The lowest BCUT2D eigenvalue weighted by Crippen LogP contribution is -2.50. The van der Waals surface area contributed by atoms with Crippen LogP contribution < -0.4 is 0 Å². The second-order valence-corrected chi connectivity index (χ2v) is 5.30. The lowest BCUT2D eigenvalue weighted by Gasteiger charge is -2.40. The predicted octanol–water partition coefficient (Wildman–Crippen LogP) is 1.44. The number of aliphatic hydroxyl groups is 1. The molecule has 1 aliphatic heterocycles. The van der Waals surface area contributed by atoms with Crippen LogP contribution >= 0.6 is 11.8 Å². The van der Waals surface area contributed by atoms with Crippen LogP contribution in [0.15, 0.2) is 0 Å². The Hall–Kier alpha value is -0.220. The van der Waals surface area contributed by atoms with E-state index in [2.05, 4.69) is 4.74 Å². The smallest absolute Gasteiger partial charge is 0.311 e. The van der Waals surface area contributed by atoms with Gasteiger partial charge in [-0.05, 0) is 25.5 Å². The minimum Gasteiger partial charge on any atom is -0.469 e. The standard InChI is InChI=1S/C10H18O3S/c1-7(9(11)13-3)10(12)5-4-6-14-8(10)2/h7-8,12H,4-6H2,1-3H3. The van der Waals surface area contributed by atoms with Gasteiger partial charge in [-0.15, -0.1) is 0 Å². The first kappa shape index (κ1) is 11.9. The van der Waals surface area contributed by atoms with E-state index in [0.717, 1.165) is 12.2 Å². The fourth-order valence-corrected chi connectivity index (χ4v) is 3.19. The molecule has 3 nitrogen and oxygen atoms in total. The van der Waals surface area contributed by atoms with Crippen molar-refractivity contribution in [3.63, 3.8) is 0 Å². The molecular formula is C10H18O3S. The molecule has 0 spiro atoms. The highest BCUT2D eigenvalue weighted by Gasteiger charge is 2.45. The number of thioether (sulfide) groups is 1. The maximum Gasteiger partial charge on any atom is 0.311 e. The van der Waals surface area contributed by atoms with Crippen LogP contribution in [0.2, 0.25) is 0 Å². The second kappa shape index (κ2) is 4.53. The third-order valence-corrected chi connectivity index (χ3v) is 4.53. The van der Waals surface area contributed by atoms with E-state index in [9.17, 15) is 9.90 Å². The van der Waals surface area contributed by atoms with E-state index < -0.39 is 11.5 Å². The van der Waals surface area contributed by atoms with Crippen molar-refractivity contribution in [1.29, 1.82) is 0 Å². The zero-order chi connectivity index (χ0) is 10.8. The van der Waals surface area contributed by atoms with Gasteiger partial charge in [-0.2, -0.15) is 11.8 Å². The predicted molar refractivity (Wildman–Crippen MR) is 57.3 cm³/mol. The third-order valence-electron chi connectivity index (χ3n) is 3.10. The molecule has 14 heavy (non-hydrogen) atoms. The number of methoxy groups -OCH3 is 1. The van der Waals surface area contributed by atoms with Crippen molar-refractivity contribution in [2.75, 3.05) is 12.9 Å². The lowest BCUT2D eigenvalue weighted by molar-refractivity contribution is -0.155. The van der Waals surface area contributed by atoms with Crippen LogP contribution in [-0.2, 0) is 9.53 Å². The number of rotatable bonds is 2. The van der Waals surface area contributed by atoms with Gasteiger partial charge in [0, 0.05) is 5.25 Å². The van der Waals surface area contributed by atoms with Crippen LogP contribution in [0.4, 0.5) is 0 Å². The molecule has 1 rings (SSSR count). The van der Waals surface area contributed by atoms with Gasteiger partial charge in [0.15, 0.2) is 0 Å². The van der Waals surface area contributed by atoms with Crippen molar-refractivity contribution in [3.8, 4) is 0 Å². The summed E-state index contributed by atoms with van der Waals surface area (Å²) in [6, 6.07) is 0. The largest absolute Gasteiger partial charge is 0.469 e. The Balaban J connectivity index is 2.75. The van der Waals surface area contributed by atoms with Crippen LogP contribution in [0.1, 0.15) is 26.7 Å². The Kier molecular flexibility index (Phi) is 3.84. The first-order valence-corrected chi connectivity index (χ1v) is 5.99. The molecule has 3 unspecified atom stereocenters. The van der Waals surface area contributed by atoms with Gasteiger partial charge < -0.3 is 9.84 Å². The van der Waals surface area contributed by atoms with Gasteiger partial charge in [0.2, 0.25) is 0 Å². The summed E-state index contributed by atoms with van der Waals surface area (Å²) in [6.07, 6.45) is 1.66. The molecule has 1 aliphatic rings. The Bertz CT molecular complexity index is 219. The van der Waals surface area contributed by atoms with Gasteiger partial charge in [-0.25, -0.2) is 0 Å². The molecule has 4 heteroatoms. The number of esters is 1. The van der Waals surface area contributed by atoms with Crippen molar-refractivity contribution >= 4 is 17.7 Å². The van der Waals surface area contributed by atoms with Crippen LogP contribution in [0.25, 0.3) is 0 Å². The van der Waals surface area contributed by atoms with Gasteiger partial charge in [0.1, 0.15) is 0 Å². The maximum atomic E-state index is 11.4. The maximum absolute atomic E-state index is 11.4. The van der Waals surface area contributed by atoms with E-state index in [1.54, 1.807) is 18.7 Å². The zero-order valence-corrected chi connectivity index (χ0v) is 9.76. The monoisotopic (exact) mass is 218 g/mol. The van der Waals surface area contributed by atoms with E-state index in [1.165, 1.54) is 7.11 Å². The summed E-state index contributed by atoms with van der Waals surface area (Å²) >= 11 is 1.72. The topological polar surface area (TPSA) is 46.5 Å². The summed E-state index contributed by atoms with van der Waals surface area (Å²) in [5.74, 6) is 0.314. The van der Waals surface area contributed by atoms with Gasteiger partial charge >= 0.3 is 5.97 Å². The molecule has 82 valence electrons. The summed E-state index contributed by atoms with van der Waals surface area (Å²) in [7, 11) is 1.36. The van der Waals surface area contributed by atoms with Gasteiger partial charge in [-0.1, -0.05) is 6.92 Å². The molecule has 1 fully saturated rings. The molecule has 0 aromatic carbocycles. The summed E-state index contributed by atoms with van der Waals surface area (Å²) in [5.41, 5.74) is -0.893. The Labute approximate surface area is 89.2 Å². The molecule has 1 saturated heterocycles. The molecule has 3 atom stereocenters. The average Bonchev–Trinajstić information content (AvgIpc) is 2.20. The van der Waals surface area contributed by atoms with E-state index in [4.69, 9.17) is 0 Å². The minimum absolute atomic E-state index is 0.102. The summed E-state index contributed by atoms with van der Waals surface area (Å²) in [5, 5.41) is 10.5. The first-order valence-electron chi connectivity index (χ1n) is 4.94. The second-order valence-electron chi connectivity index (χ2n) is 3.85. The van der Waals surface area contributed by atoms with E-state index in [0.29, 0.717) is 6.42 Å². The molecule has 0 aromatic rings. The van der Waals surface area contributed by atoms with Crippen molar-refractivity contribution in [2.24, 2.45) is 5.92 Å². The fourth-order valence-electron chi connectivity index (χ4n) is 1.91. The van der Waals surface area contributed by atoms with Crippen molar-refractivity contribution in [3.05, 3.63) is 0 Å². The van der Waals surface area contributed by atoms with Crippen LogP contribution in [0, 0.1) is 5.92 Å². The SMILES string of the molecule is COC(=O)C(C)C1(O)CCCSC1C. The van der Waals surface area contributed by atoms with E-state index in [1.807, 2.05) is 6.92 Å². The zero-order valence-electron chi connectivity index (χ0n) is 8.95. The van der Waals surface area contributed by atoms with Crippen molar-refractivity contribution < 1.29 is 14.6 Å². The van der Waals surface area contributed by atoms with Crippen molar-refractivity contribution in [2.45, 2.75) is 37.5 Å². The van der Waals surface area contributed by atoms with E-state index >= 15 is 0 Å². The highest BCUT2D eigenvalue weighted by molar-refractivity contribution is 8.00. The quantitative estimate of drug-likeness (QED) is 0.712. The number of carbonyl (C=O) groups is 1. The highest BCUT2D eigenvalue weighted by atomic mass is 32.2. The first-order chi connectivity index (χ1) is 6.52. The number of carbonyl (C=O) groups excluding carboxylic acids is 1. The van der Waals surface area contributed by atoms with Crippen LogP contribution in [0.3, 0.4) is 0 Å². The van der Waals surface area contributed by atoms with Gasteiger partial charge in [0.05, 0.1) is 18.6 Å². The molecular weight excluding hydrogens is 200 g/mol. The number of ether oxygens (including phenoxy) is 1. The molecule has 1 heterocycles. The van der Waals surface area contributed by atoms with Crippen LogP contribution in [0.5, 0.6) is 0 Å². The molecule has 1 N–H and O–H groups in total. The molecule has 0 aromatic heterocycles. The summed E-state index contributed by atoms with van der Waals surface area (Å²) < 4.78 is 4.67. The molecule has 0 aliphatic carbocycles. The third kappa shape index (κ3) is 2.06. The normalized spacial score (nSPS) is 35.0. The molecule has 0 saturated carbocycles. The fraction of sp³-hybridized carbons (Fsp3) is 0.900. The summed E-state index contributed by atoms with van der Waals surface area (Å²) in [4.78, 5) is 11.4. The highest BCUT2D eigenvalue weighted by Crippen LogP contribution is 2.39. The van der Waals surface area contributed by atoms with E-state index in [-0.39, 0.29) is 11.2 Å². The van der Waals surface area contributed by atoms with Gasteiger partial charge in [0.25, 0.3) is 0 Å². The summed E-state index contributed by atoms with van der Waals surface area (Å²) in [6.45, 7) is 3.72. The molecule has 0 amide bonds. The Morgan fingerprint density at radius 1 is 1.71 bits per heavy atom.